The fourth-order valence-electron chi connectivity index (χ4n) is 1.53. The Kier molecular flexibility index (Phi) is 2.56. The third kappa shape index (κ3) is 1.74. The van der Waals surface area contributed by atoms with E-state index in [0.717, 1.165) is 5.56 Å². The number of hydrogen-bond donors (Lipinski definition) is 0. The average molecular weight is 216 g/mol. The normalized spacial score (nSPS) is 15.2. The first-order valence-corrected chi connectivity index (χ1v) is 5.02. The Morgan fingerprint density at radius 1 is 1.31 bits per heavy atom. The smallest absolute Gasteiger partial charge is 0.249 e. The van der Waals surface area contributed by atoms with Gasteiger partial charge in [-0.1, -0.05) is 29.8 Å². The highest BCUT2D eigenvalue weighted by molar-refractivity contribution is 6.48. The first-order chi connectivity index (χ1) is 7.59. The van der Waals surface area contributed by atoms with Gasteiger partial charge in [0.25, 0.3) is 0 Å². The van der Waals surface area contributed by atoms with Crippen LogP contribution in [0.2, 0.25) is 0 Å². The van der Waals surface area contributed by atoms with Gasteiger partial charge in [0.05, 0.1) is 0 Å². The molecule has 0 radical (unpaired) electrons. The van der Waals surface area contributed by atoms with Crippen LogP contribution in [0.3, 0.4) is 0 Å². The molecule has 0 atom stereocenters. The highest BCUT2D eigenvalue weighted by Gasteiger charge is 2.27. The van der Waals surface area contributed by atoms with Gasteiger partial charge in [-0.05, 0) is 6.92 Å². The van der Waals surface area contributed by atoms with Crippen molar-refractivity contribution in [3.8, 4) is 0 Å². The molecular weight excluding hydrogens is 204 g/mol. The number of nitrogens with zero attached hydrogens (tertiary/aromatic N) is 2. The zero-order chi connectivity index (χ0) is 11.7. The summed E-state index contributed by atoms with van der Waals surface area (Å²) in [6, 6.07) is 7.22. The van der Waals surface area contributed by atoms with Crippen LogP contribution in [0.1, 0.15) is 15.9 Å². The number of carbonyl (C=O) groups excluding carboxylic acids is 2. The van der Waals surface area contributed by atoms with Crippen molar-refractivity contribution < 1.29 is 9.59 Å². The largest absolute Gasteiger partial charge is 0.295 e. The number of likely N-dealkylation sites (N-methyl/N-ethyl adjacent to an activating group) is 1. The minimum atomic E-state index is -0.201. The third-order valence-corrected chi connectivity index (χ3v) is 2.57. The quantitative estimate of drug-likeness (QED) is 0.694. The van der Waals surface area contributed by atoms with E-state index in [1.807, 2.05) is 19.1 Å². The van der Waals surface area contributed by atoms with Crippen LogP contribution in [-0.4, -0.2) is 36.0 Å². The maximum atomic E-state index is 12.0. The van der Waals surface area contributed by atoms with E-state index in [4.69, 9.17) is 0 Å². The van der Waals surface area contributed by atoms with Crippen LogP contribution in [0.5, 0.6) is 0 Å². The van der Waals surface area contributed by atoms with Crippen molar-refractivity contribution in [1.29, 1.82) is 0 Å². The highest BCUT2D eigenvalue weighted by atomic mass is 16.2. The van der Waals surface area contributed by atoms with Crippen molar-refractivity contribution in [2.45, 2.75) is 6.92 Å². The number of benzene rings is 1. The molecule has 1 aromatic carbocycles. The second kappa shape index (κ2) is 3.89. The monoisotopic (exact) mass is 216 g/mol. The summed E-state index contributed by atoms with van der Waals surface area (Å²) in [4.78, 5) is 28.5. The van der Waals surface area contributed by atoms with Crippen LogP contribution in [0.4, 0.5) is 0 Å². The van der Waals surface area contributed by atoms with Gasteiger partial charge in [0.2, 0.25) is 11.7 Å². The van der Waals surface area contributed by atoms with Crippen LogP contribution in [0.15, 0.2) is 29.3 Å². The molecule has 1 aromatic rings. The summed E-state index contributed by atoms with van der Waals surface area (Å²) in [5.74, 6) is -0.113. The number of amidine groups is 1. The molecule has 1 heterocycles. The Balaban J connectivity index is 2.27. The number of aliphatic imine (C=N–C) groups is 1. The summed E-state index contributed by atoms with van der Waals surface area (Å²) in [5.41, 5.74) is 1.65. The fraction of sp³-hybridized carbons (Fsp3) is 0.250. The molecule has 2 rings (SSSR count). The van der Waals surface area contributed by atoms with Crippen molar-refractivity contribution in [2.24, 2.45) is 4.99 Å². The van der Waals surface area contributed by atoms with E-state index in [1.54, 1.807) is 19.2 Å². The van der Waals surface area contributed by atoms with Crippen LogP contribution < -0.4 is 0 Å². The molecule has 0 N–H and O–H groups in total. The van der Waals surface area contributed by atoms with Crippen molar-refractivity contribution in [3.05, 3.63) is 35.4 Å². The molecule has 16 heavy (non-hydrogen) atoms. The maximum absolute atomic E-state index is 12.0. The summed E-state index contributed by atoms with van der Waals surface area (Å²) in [7, 11) is 1.57. The van der Waals surface area contributed by atoms with Gasteiger partial charge in [-0.2, -0.15) is 0 Å². The van der Waals surface area contributed by atoms with Crippen LogP contribution in [0.25, 0.3) is 0 Å². The predicted molar refractivity (Wildman–Crippen MR) is 60.6 cm³/mol. The van der Waals surface area contributed by atoms with E-state index in [9.17, 15) is 9.59 Å². The zero-order valence-electron chi connectivity index (χ0n) is 9.23. The summed E-state index contributed by atoms with van der Waals surface area (Å²) in [6.07, 6.45) is 0. The molecule has 0 saturated carbocycles. The Hall–Kier alpha value is -1.97. The average Bonchev–Trinajstić information content (AvgIpc) is 2.60. The molecule has 0 aromatic heterocycles. The van der Waals surface area contributed by atoms with Gasteiger partial charge < -0.3 is 0 Å². The lowest BCUT2D eigenvalue weighted by molar-refractivity contribution is -0.123. The molecule has 0 bridgehead atoms. The topological polar surface area (TPSA) is 49.7 Å². The van der Waals surface area contributed by atoms with E-state index in [1.165, 1.54) is 4.90 Å². The van der Waals surface area contributed by atoms with Crippen molar-refractivity contribution >= 4 is 17.5 Å². The van der Waals surface area contributed by atoms with Gasteiger partial charge >= 0.3 is 0 Å². The minimum Gasteiger partial charge on any atom is -0.295 e. The molecule has 0 spiro atoms. The van der Waals surface area contributed by atoms with E-state index in [0.29, 0.717) is 5.56 Å². The molecule has 1 aliphatic heterocycles. The molecule has 82 valence electrons. The number of ketones is 1. The van der Waals surface area contributed by atoms with Gasteiger partial charge in [-0.25, -0.2) is 0 Å². The zero-order valence-corrected chi connectivity index (χ0v) is 9.23. The summed E-state index contributed by atoms with van der Waals surface area (Å²) < 4.78 is 0. The Morgan fingerprint density at radius 2 is 1.94 bits per heavy atom. The second-order valence-electron chi connectivity index (χ2n) is 3.79. The molecule has 0 unspecified atom stereocenters. The van der Waals surface area contributed by atoms with Gasteiger partial charge in [0.15, 0.2) is 5.84 Å². The molecular formula is C12H12N2O2. The van der Waals surface area contributed by atoms with Gasteiger partial charge in [0.1, 0.15) is 6.54 Å². The lowest BCUT2D eigenvalue weighted by Crippen LogP contribution is -2.33. The number of rotatable bonds is 2. The number of carbonyl (C=O) groups is 2. The van der Waals surface area contributed by atoms with Crippen molar-refractivity contribution in [3.63, 3.8) is 0 Å². The van der Waals surface area contributed by atoms with Crippen molar-refractivity contribution in [1.82, 2.24) is 4.90 Å². The lowest BCUT2D eigenvalue weighted by Gasteiger charge is -2.10. The number of hydrogen-bond acceptors (Lipinski definition) is 3. The molecule has 0 fully saturated rings. The van der Waals surface area contributed by atoms with Gasteiger partial charge in [0, 0.05) is 12.6 Å². The first kappa shape index (κ1) is 10.5. The standard InChI is InChI=1S/C12H12N2O2/c1-8-3-5-9(6-4-8)11(16)12-13-7-10(15)14(12)2/h3-6H,7H2,1-2H3. The summed E-state index contributed by atoms with van der Waals surface area (Å²) in [6.45, 7) is 2.03. The molecule has 1 amide bonds. The predicted octanol–water partition coefficient (Wildman–Crippen LogP) is 1.05. The molecule has 1 aliphatic rings. The molecule has 0 saturated heterocycles. The van der Waals surface area contributed by atoms with Crippen LogP contribution >= 0.6 is 0 Å². The second-order valence-corrected chi connectivity index (χ2v) is 3.79. The Bertz CT molecular complexity index is 474. The highest BCUT2D eigenvalue weighted by Crippen LogP contribution is 2.09. The van der Waals surface area contributed by atoms with Crippen LogP contribution in [-0.2, 0) is 4.79 Å². The fourth-order valence-corrected chi connectivity index (χ4v) is 1.53. The SMILES string of the molecule is Cc1ccc(C(=O)C2=NCC(=O)N2C)cc1. The van der Waals surface area contributed by atoms with E-state index in [-0.39, 0.29) is 24.1 Å². The minimum absolute atomic E-state index is 0.0729. The Morgan fingerprint density at radius 3 is 2.44 bits per heavy atom. The summed E-state index contributed by atoms with van der Waals surface area (Å²) in [5, 5.41) is 0. The maximum Gasteiger partial charge on any atom is 0.249 e. The molecule has 4 heteroatoms. The molecule has 0 aliphatic carbocycles. The van der Waals surface area contributed by atoms with E-state index in [2.05, 4.69) is 4.99 Å². The van der Waals surface area contributed by atoms with E-state index < -0.39 is 0 Å². The number of amides is 1. The number of aryl methyl sites for hydroxylation is 1. The van der Waals surface area contributed by atoms with Crippen molar-refractivity contribution in [2.75, 3.05) is 13.6 Å². The first-order valence-electron chi connectivity index (χ1n) is 5.02. The Labute approximate surface area is 93.6 Å². The van der Waals surface area contributed by atoms with Gasteiger partial charge in [-0.3, -0.25) is 19.5 Å². The van der Waals surface area contributed by atoms with E-state index >= 15 is 0 Å². The van der Waals surface area contributed by atoms with Crippen LogP contribution in [0, 0.1) is 6.92 Å². The molecule has 4 nitrogen and oxygen atoms in total. The summed E-state index contributed by atoms with van der Waals surface area (Å²) >= 11 is 0. The number of Topliss-reactive ketones (excluding diaryl/α,β-unsaturated/α-hetero) is 1. The third-order valence-electron chi connectivity index (χ3n) is 2.57. The lowest BCUT2D eigenvalue weighted by atomic mass is 10.1. The van der Waals surface area contributed by atoms with Gasteiger partial charge in [-0.15, -0.1) is 0 Å².